The summed E-state index contributed by atoms with van der Waals surface area (Å²) in [5.41, 5.74) is 0.233. The third kappa shape index (κ3) is 5.30. The molecule has 1 aliphatic heterocycles. The van der Waals surface area contributed by atoms with E-state index < -0.39 is 11.9 Å². The van der Waals surface area contributed by atoms with Gasteiger partial charge in [0.05, 0.1) is 16.7 Å². The standard InChI is InChI=1S/C19H20BrCl2F3N4O/c1-12-17(20)18(19(23,24)25)26-29(12)6-5-16(30)28-9-7-27(8-10-28)11-13-14(21)3-2-4-15(13)22/h2-4H,5-11H2,1H3. The number of benzene rings is 1. The third-order valence-corrected chi connectivity index (χ3v) is 6.77. The number of alkyl halides is 3. The lowest BCUT2D eigenvalue weighted by molar-refractivity contribution is -0.142. The van der Waals surface area contributed by atoms with E-state index in [0.717, 1.165) is 5.56 Å². The summed E-state index contributed by atoms with van der Waals surface area (Å²) in [5.74, 6) is -0.106. The van der Waals surface area contributed by atoms with Gasteiger partial charge in [-0.05, 0) is 35.0 Å². The van der Waals surface area contributed by atoms with Crippen LogP contribution in [0.25, 0.3) is 0 Å². The molecule has 2 aromatic rings. The van der Waals surface area contributed by atoms with Crippen LogP contribution in [0.4, 0.5) is 13.2 Å². The van der Waals surface area contributed by atoms with Crippen molar-refractivity contribution in [1.82, 2.24) is 19.6 Å². The molecule has 0 saturated carbocycles. The Hall–Kier alpha value is -1.29. The van der Waals surface area contributed by atoms with Gasteiger partial charge in [0.25, 0.3) is 0 Å². The zero-order valence-corrected chi connectivity index (χ0v) is 19.2. The lowest BCUT2D eigenvalue weighted by Crippen LogP contribution is -2.48. The van der Waals surface area contributed by atoms with Crippen molar-refractivity contribution in [1.29, 1.82) is 0 Å². The number of hydrogen-bond acceptors (Lipinski definition) is 3. The molecule has 0 radical (unpaired) electrons. The van der Waals surface area contributed by atoms with Crippen molar-refractivity contribution in [2.45, 2.75) is 32.6 Å². The van der Waals surface area contributed by atoms with Crippen molar-refractivity contribution in [3.8, 4) is 0 Å². The Morgan fingerprint density at radius 2 is 1.77 bits per heavy atom. The van der Waals surface area contributed by atoms with E-state index in [4.69, 9.17) is 23.2 Å². The lowest BCUT2D eigenvalue weighted by atomic mass is 10.2. The number of carbonyl (C=O) groups excluding carboxylic acids is 1. The number of aryl methyl sites for hydroxylation is 1. The number of hydrogen-bond donors (Lipinski definition) is 0. The Bertz CT molecular complexity index is 907. The molecule has 164 valence electrons. The maximum Gasteiger partial charge on any atom is 0.436 e. The van der Waals surface area contributed by atoms with E-state index in [1.165, 1.54) is 11.6 Å². The zero-order valence-electron chi connectivity index (χ0n) is 16.1. The van der Waals surface area contributed by atoms with Crippen LogP contribution in [-0.4, -0.2) is 51.7 Å². The van der Waals surface area contributed by atoms with Crippen molar-refractivity contribution in [3.05, 3.63) is 49.7 Å². The fraction of sp³-hybridized carbons (Fsp3) is 0.474. The van der Waals surface area contributed by atoms with Crippen LogP contribution in [-0.2, 0) is 24.1 Å². The van der Waals surface area contributed by atoms with Crippen LogP contribution in [0, 0.1) is 6.92 Å². The van der Waals surface area contributed by atoms with Gasteiger partial charge in [0, 0.05) is 54.8 Å². The molecule has 0 spiro atoms. The van der Waals surface area contributed by atoms with E-state index in [9.17, 15) is 18.0 Å². The summed E-state index contributed by atoms with van der Waals surface area (Å²) in [5, 5.41) is 4.84. The number of carbonyl (C=O) groups is 1. The van der Waals surface area contributed by atoms with Gasteiger partial charge in [0.1, 0.15) is 0 Å². The molecule has 0 atom stereocenters. The molecule has 1 aliphatic rings. The summed E-state index contributed by atoms with van der Waals surface area (Å²) in [7, 11) is 0. The highest BCUT2D eigenvalue weighted by atomic mass is 79.9. The van der Waals surface area contributed by atoms with E-state index >= 15 is 0 Å². The maximum atomic E-state index is 13.0. The lowest BCUT2D eigenvalue weighted by Gasteiger charge is -2.35. The van der Waals surface area contributed by atoms with Gasteiger partial charge in [-0.25, -0.2) is 0 Å². The molecule has 1 aromatic heterocycles. The second kappa shape index (κ2) is 9.46. The first-order valence-electron chi connectivity index (χ1n) is 9.31. The van der Waals surface area contributed by atoms with E-state index in [1.54, 1.807) is 23.1 Å². The molecule has 0 bridgehead atoms. The van der Waals surface area contributed by atoms with Gasteiger partial charge in [-0.15, -0.1) is 0 Å². The Kier molecular flexibility index (Phi) is 7.37. The highest BCUT2D eigenvalue weighted by molar-refractivity contribution is 9.10. The van der Waals surface area contributed by atoms with Crippen LogP contribution >= 0.6 is 39.1 Å². The number of halogens is 6. The first kappa shape index (κ1) is 23.4. The molecule has 0 N–H and O–H groups in total. The molecule has 1 saturated heterocycles. The zero-order chi connectivity index (χ0) is 22.1. The fourth-order valence-corrected chi connectivity index (χ4v) is 4.37. The number of rotatable bonds is 5. The minimum Gasteiger partial charge on any atom is -0.340 e. The molecule has 0 unspecified atom stereocenters. The average Bonchev–Trinajstić information content (AvgIpc) is 2.98. The van der Waals surface area contributed by atoms with Crippen molar-refractivity contribution >= 4 is 45.0 Å². The van der Waals surface area contributed by atoms with Gasteiger partial charge in [0.2, 0.25) is 5.91 Å². The van der Waals surface area contributed by atoms with Crippen LogP contribution in [0.15, 0.2) is 22.7 Å². The molecule has 1 aromatic carbocycles. The van der Waals surface area contributed by atoms with Crippen molar-refractivity contribution in [3.63, 3.8) is 0 Å². The molecule has 30 heavy (non-hydrogen) atoms. The molecule has 11 heteroatoms. The summed E-state index contributed by atoms with van der Waals surface area (Å²) < 4.78 is 40.1. The van der Waals surface area contributed by atoms with Gasteiger partial charge in [-0.1, -0.05) is 29.3 Å². The van der Waals surface area contributed by atoms with Gasteiger partial charge >= 0.3 is 6.18 Å². The molecule has 1 amide bonds. The smallest absolute Gasteiger partial charge is 0.340 e. The highest BCUT2D eigenvalue weighted by Gasteiger charge is 2.38. The van der Waals surface area contributed by atoms with Crippen LogP contribution < -0.4 is 0 Å². The second-order valence-electron chi connectivity index (χ2n) is 7.08. The number of nitrogens with zero attached hydrogens (tertiary/aromatic N) is 4. The van der Waals surface area contributed by atoms with E-state index in [0.29, 0.717) is 48.5 Å². The number of piperazine rings is 1. The predicted octanol–water partition coefficient (Wildman–Crippen LogP) is 5.01. The summed E-state index contributed by atoms with van der Waals surface area (Å²) in [6.07, 6.45) is -4.46. The highest BCUT2D eigenvalue weighted by Crippen LogP contribution is 2.35. The molecule has 5 nitrogen and oxygen atoms in total. The van der Waals surface area contributed by atoms with Gasteiger partial charge in [-0.2, -0.15) is 18.3 Å². The molecule has 0 aliphatic carbocycles. The van der Waals surface area contributed by atoms with E-state index in [1.807, 2.05) is 0 Å². The van der Waals surface area contributed by atoms with Crippen LogP contribution in [0.2, 0.25) is 10.0 Å². The molecular formula is C19H20BrCl2F3N4O. The van der Waals surface area contributed by atoms with Crippen molar-refractivity contribution in [2.75, 3.05) is 26.2 Å². The van der Waals surface area contributed by atoms with Crippen molar-refractivity contribution < 1.29 is 18.0 Å². The van der Waals surface area contributed by atoms with Crippen molar-refractivity contribution in [2.24, 2.45) is 0 Å². The van der Waals surface area contributed by atoms with Gasteiger partial charge < -0.3 is 4.90 Å². The third-order valence-electron chi connectivity index (χ3n) is 5.11. The molecular weight excluding hydrogens is 508 g/mol. The summed E-state index contributed by atoms with van der Waals surface area (Å²) >= 11 is 15.4. The van der Waals surface area contributed by atoms with Crippen LogP contribution in [0.1, 0.15) is 23.4 Å². The Balaban J connectivity index is 1.53. The van der Waals surface area contributed by atoms with E-state index in [2.05, 4.69) is 25.9 Å². The van der Waals surface area contributed by atoms with Crippen LogP contribution in [0.5, 0.6) is 0 Å². The molecule has 3 rings (SSSR count). The number of aromatic nitrogens is 2. The molecule has 2 heterocycles. The topological polar surface area (TPSA) is 41.4 Å². The second-order valence-corrected chi connectivity index (χ2v) is 8.68. The Morgan fingerprint density at radius 1 is 1.17 bits per heavy atom. The summed E-state index contributed by atoms with van der Waals surface area (Å²) in [6, 6.07) is 5.38. The summed E-state index contributed by atoms with van der Waals surface area (Å²) in [6.45, 7) is 4.63. The summed E-state index contributed by atoms with van der Waals surface area (Å²) in [4.78, 5) is 16.4. The molecule has 1 fully saturated rings. The normalized spacial score (nSPS) is 15.6. The van der Waals surface area contributed by atoms with Crippen LogP contribution in [0.3, 0.4) is 0 Å². The SMILES string of the molecule is Cc1c(Br)c(C(F)(F)F)nn1CCC(=O)N1CCN(Cc2c(Cl)cccc2Cl)CC1. The fourth-order valence-electron chi connectivity index (χ4n) is 3.35. The van der Waals surface area contributed by atoms with Gasteiger partial charge in [0.15, 0.2) is 5.69 Å². The quantitative estimate of drug-likeness (QED) is 0.548. The largest absolute Gasteiger partial charge is 0.436 e. The predicted molar refractivity (Wildman–Crippen MR) is 113 cm³/mol. The first-order valence-corrected chi connectivity index (χ1v) is 10.9. The Labute approximate surface area is 190 Å². The minimum atomic E-state index is -4.54. The van der Waals surface area contributed by atoms with Gasteiger partial charge in [-0.3, -0.25) is 14.4 Å². The minimum absolute atomic E-state index is 0.0859. The Morgan fingerprint density at radius 3 is 2.30 bits per heavy atom. The van der Waals surface area contributed by atoms with E-state index in [-0.39, 0.29) is 23.3 Å². The maximum absolute atomic E-state index is 13.0. The monoisotopic (exact) mass is 526 g/mol. The first-order chi connectivity index (χ1) is 14.1. The average molecular weight is 528 g/mol. The number of amides is 1.